The number of carbonyl (C=O) groups excluding carboxylic acids is 1. The fourth-order valence-electron chi connectivity index (χ4n) is 3.56. The lowest BCUT2D eigenvalue weighted by Gasteiger charge is -2.47. The topological polar surface area (TPSA) is 40.5 Å². The maximum atomic E-state index is 12.6. The normalized spacial score (nSPS) is 29.9. The average molecular weight is 294 g/mol. The molecule has 1 saturated heterocycles. The summed E-state index contributed by atoms with van der Waals surface area (Å²) >= 11 is 6.11. The first-order valence-electron chi connectivity index (χ1n) is 7.36. The van der Waals surface area contributed by atoms with Gasteiger partial charge in [0.25, 0.3) is 5.91 Å². The number of likely N-dealkylation sites (tertiary alicyclic amines) is 1. The molecule has 1 aliphatic carbocycles. The maximum absolute atomic E-state index is 12.6. The third-order valence-electron chi connectivity index (χ3n) is 4.82. The molecule has 0 aromatic heterocycles. The van der Waals surface area contributed by atoms with Crippen LogP contribution in [0.4, 0.5) is 0 Å². The molecule has 1 amide bonds. The molecule has 1 heterocycles. The number of fused-ring (bicyclic) bond motifs is 1. The lowest BCUT2D eigenvalue weighted by Crippen LogP contribution is -2.54. The van der Waals surface area contributed by atoms with Crippen LogP contribution in [0.25, 0.3) is 0 Å². The molecule has 2 aliphatic rings. The van der Waals surface area contributed by atoms with Gasteiger partial charge in [-0.15, -0.1) is 0 Å². The summed E-state index contributed by atoms with van der Waals surface area (Å²) in [5.41, 5.74) is 0.0191. The number of halogens is 1. The van der Waals surface area contributed by atoms with Gasteiger partial charge in [-0.05, 0) is 31.4 Å². The van der Waals surface area contributed by atoms with E-state index < -0.39 is 5.60 Å². The van der Waals surface area contributed by atoms with Crippen LogP contribution in [-0.2, 0) is 0 Å². The van der Waals surface area contributed by atoms with Crippen LogP contribution in [-0.4, -0.2) is 34.6 Å². The van der Waals surface area contributed by atoms with Gasteiger partial charge in [-0.25, -0.2) is 0 Å². The summed E-state index contributed by atoms with van der Waals surface area (Å²) in [5.74, 6) is 0.208. The van der Waals surface area contributed by atoms with Crippen LogP contribution < -0.4 is 0 Å². The predicted molar refractivity (Wildman–Crippen MR) is 78.9 cm³/mol. The standard InChI is InChI=1S/C16H20ClNO2/c17-14-7-2-1-6-13(14)15(19)18-10-9-16(20)8-4-3-5-12(16)11-18/h1-2,6-7,12,20H,3-5,8-11H2/t12-,16+/m1/s1. The zero-order chi connectivity index (χ0) is 14.2. The Morgan fingerprint density at radius 1 is 1.30 bits per heavy atom. The third kappa shape index (κ3) is 2.45. The van der Waals surface area contributed by atoms with Gasteiger partial charge in [0.1, 0.15) is 0 Å². The first kappa shape index (κ1) is 13.9. The minimum atomic E-state index is -0.546. The van der Waals surface area contributed by atoms with Gasteiger partial charge in [-0.2, -0.15) is 0 Å². The Morgan fingerprint density at radius 2 is 2.10 bits per heavy atom. The Hall–Kier alpha value is -1.06. The first-order chi connectivity index (χ1) is 9.60. The number of hydrogen-bond donors (Lipinski definition) is 1. The third-order valence-corrected chi connectivity index (χ3v) is 5.15. The zero-order valence-corrected chi connectivity index (χ0v) is 12.3. The van der Waals surface area contributed by atoms with E-state index in [-0.39, 0.29) is 11.8 Å². The molecular formula is C16H20ClNO2. The van der Waals surface area contributed by atoms with Crippen molar-refractivity contribution in [3.63, 3.8) is 0 Å². The number of aliphatic hydroxyl groups is 1. The van der Waals surface area contributed by atoms with E-state index in [0.717, 1.165) is 25.7 Å². The summed E-state index contributed by atoms with van der Waals surface area (Å²) in [4.78, 5) is 14.4. The highest BCUT2D eigenvalue weighted by Gasteiger charge is 2.43. The summed E-state index contributed by atoms with van der Waals surface area (Å²) in [6.07, 6.45) is 4.84. The molecule has 0 spiro atoms. The van der Waals surface area contributed by atoms with Gasteiger partial charge < -0.3 is 10.0 Å². The molecule has 1 aromatic carbocycles. The minimum absolute atomic E-state index is 0.0109. The monoisotopic (exact) mass is 293 g/mol. The molecule has 20 heavy (non-hydrogen) atoms. The van der Waals surface area contributed by atoms with Crippen molar-refractivity contribution in [2.75, 3.05) is 13.1 Å². The van der Waals surface area contributed by atoms with Gasteiger partial charge in [-0.3, -0.25) is 4.79 Å². The van der Waals surface area contributed by atoms with Crippen LogP contribution in [0.2, 0.25) is 5.02 Å². The van der Waals surface area contributed by atoms with Crippen molar-refractivity contribution < 1.29 is 9.90 Å². The van der Waals surface area contributed by atoms with Crippen LogP contribution in [0.1, 0.15) is 42.5 Å². The molecule has 1 saturated carbocycles. The lowest BCUT2D eigenvalue weighted by molar-refractivity contribution is -0.0886. The van der Waals surface area contributed by atoms with Gasteiger partial charge in [-0.1, -0.05) is 36.6 Å². The maximum Gasteiger partial charge on any atom is 0.255 e. The van der Waals surface area contributed by atoms with Crippen LogP contribution >= 0.6 is 11.6 Å². The van der Waals surface area contributed by atoms with E-state index in [1.54, 1.807) is 12.1 Å². The van der Waals surface area contributed by atoms with Gasteiger partial charge >= 0.3 is 0 Å². The fraction of sp³-hybridized carbons (Fsp3) is 0.562. The Morgan fingerprint density at radius 3 is 2.90 bits per heavy atom. The van der Waals surface area contributed by atoms with Crippen LogP contribution in [0.15, 0.2) is 24.3 Å². The van der Waals surface area contributed by atoms with Crippen molar-refractivity contribution >= 4 is 17.5 Å². The van der Waals surface area contributed by atoms with Crippen LogP contribution in [0, 0.1) is 5.92 Å². The molecule has 1 aromatic rings. The Labute approximate surface area is 124 Å². The molecule has 2 atom stereocenters. The molecule has 0 bridgehead atoms. The molecule has 4 heteroatoms. The highest BCUT2D eigenvalue weighted by atomic mass is 35.5. The number of carbonyl (C=O) groups is 1. The van der Waals surface area contributed by atoms with Crippen LogP contribution in [0.3, 0.4) is 0 Å². The predicted octanol–water partition coefficient (Wildman–Crippen LogP) is 3.11. The quantitative estimate of drug-likeness (QED) is 0.864. The number of amides is 1. The van der Waals surface area contributed by atoms with Gasteiger partial charge in [0.05, 0.1) is 16.2 Å². The van der Waals surface area contributed by atoms with Crippen molar-refractivity contribution in [1.82, 2.24) is 4.90 Å². The summed E-state index contributed by atoms with van der Waals surface area (Å²) < 4.78 is 0. The Kier molecular flexibility index (Phi) is 3.74. The number of hydrogen-bond acceptors (Lipinski definition) is 2. The lowest BCUT2D eigenvalue weighted by atomic mass is 9.71. The molecule has 0 radical (unpaired) electrons. The summed E-state index contributed by atoms with van der Waals surface area (Å²) in [7, 11) is 0. The molecular weight excluding hydrogens is 274 g/mol. The van der Waals surface area contributed by atoms with Gasteiger partial charge in [0.2, 0.25) is 0 Å². The summed E-state index contributed by atoms with van der Waals surface area (Å²) in [6, 6.07) is 7.18. The van der Waals surface area contributed by atoms with Crippen molar-refractivity contribution in [3.05, 3.63) is 34.9 Å². The molecule has 0 unspecified atom stereocenters. The Balaban J connectivity index is 1.76. The van der Waals surface area contributed by atoms with Crippen LogP contribution in [0.5, 0.6) is 0 Å². The fourth-order valence-corrected chi connectivity index (χ4v) is 3.78. The van der Waals surface area contributed by atoms with Gasteiger partial charge in [0, 0.05) is 19.0 Å². The number of piperidine rings is 1. The minimum Gasteiger partial charge on any atom is -0.389 e. The summed E-state index contributed by atoms with van der Waals surface area (Å²) in [5, 5.41) is 11.2. The molecule has 1 aliphatic heterocycles. The number of nitrogens with zero attached hydrogens (tertiary/aromatic N) is 1. The van der Waals surface area contributed by atoms with E-state index in [4.69, 9.17) is 11.6 Å². The second-order valence-corrected chi connectivity index (χ2v) is 6.43. The van der Waals surface area contributed by atoms with E-state index in [2.05, 4.69) is 0 Å². The number of rotatable bonds is 1. The highest BCUT2D eigenvalue weighted by molar-refractivity contribution is 6.33. The average Bonchev–Trinajstić information content (AvgIpc) is 2.46. The molecule has 1 N–H and O–H groups in total. The van der Waals surface area contributed by atoms with Crippen molar-refractivity contribution in [3.8, 4) is 0 Å². The van der Waals surface area contributed by atoms with E-state index in [0.29, 0.717) is 30.1 Å². The highest BCUT2D eigenvalue weighted by Crippen LogP contribution is 2.40. The zero-order valence-electron chi connectivity index (χ0n) is 11.5. The van der Waals surface area contributed by atoms with Crippen molar-refractivity contribution in [1.29, 1.82) is 0 Å². The molecule has 3 nitrogen and oxygen atoms in total. The van der Waals surface area contributed by atoms with Gasteiger partial charge in [0.15, 0.2) is 0 Å². The Bertz CT molecular complexity index is 519. The van der Waals surface area contributed by atoms with E-state index in [1.165, 1.54) is 0 Å². The van der Waals surface area contributed by atoms with E-state index in [9.17, 15) is 9.90 Å². The smallest absolute Gasteiger partial charge is 0.255 e. The first-order valence-corrected chi connectivity index (χ1v) is 7.74. The second-order valence-electron chi connectivity index (χ2n) is 6.03. The molecule has 3 rings (SSSR count). The summed E-state index contributed by atoms with van der Waals surface area (Å²) in [6.45, 7) is 1.28. The second kappa shape index (κ2) is 5.38. The van der Waals surface area contributed by atoms with Crippen molar-refractivity contribution in [2.24, 2.45) is 5.92 Å². The molecule has 2 fully saturated rings. The SMILES string of the molecule is O=C(c1ccccc1Cl)N1CC[C@@]2(O)CCCC[C@@H]2C1. The van der Waals surface area contributed by atoms with E-state index in [1.807, 2.05) is 17.0 Å². The van der Waals surface area contributed by atoms with E-state index >= 15 is 0 Å². The number of benzene rings is 1. The van der Waals surface area contributed by atoms with Crippen molar-refractivity contribution in [2.45, 2.75) is 37.7 Å². The molecule has 108 valence electrons. The largest absolute Gasteiger partial charge is 0.389 e.